The number of nitrogens with one attached hydrogen (secondary N) is 1. The van der Waals surface area contributed by atoms with Crippen LogP contribution in [0, 0.1) is 5.82 Å². The molecule has 1 aliphatic rings. The molecule has 144 valence electrons. The summed E-state index contributed by atoms with van der Waals surface area (Å²) in [6.07, 6.45) is 5.49. The summed E-state index contributed by atoms with van der Waals surface area (Å²) in [6, 6.07) is 9.82. The fraction of sp³-hybridized carbons (Fsp3) is 0.250. The van der Waals surface area contributed by atoms with Gasteiger partial charge in [-0.15, -0.1) is 0 Å². The third-order valence-electron chi connectivity index (χ3n) is 4.82. The Morgan fingerprint density at radius 1 is 1.32 bits per heavy atom. The van der Waals surface area contributed by atoms with E-state index in [1.54, 1.807) is 47.6 Å². The number of ether oxygens (including phenoxy) is 1. The van der Waals surface area contributed by atoms with Crippen molar-refractivity contribution in [2.24, 2.45) is 0 Å². The lowest BCUT2D eigenvalue weighted by Crippen LogP contribution is -2.61. The first-order chi connectivity index (χ1) is 13.7. The average molecular weight is 382 g/mol. The minimum absolute atomic E-state index is 0.147. The van der Waals surface area contributed by atoms with Crippen molar-refractivity contribution in [2.45, 2.75) is 5.54 Å². The number of aromatic nitrogens is 2. The summed E-state index contributed by atoms with van der Waals surface area (Å²) < 4.78 is 25.6. The normalized spacial score (nSPS) is 19.4. The number of carbonyl (C=O) groups excluding carboxylic acids is 1. The topological polar surface area (TPSA) is 80.5 Å². The lowest BCUT2D eigenvalue weighted by molar-refractivity contribution is -0.127. The zero-order valence-electron chi connectivity index (χ0n) is 15.0. The first-order valence-electron chi connectivity index (χ1n) is 8.89. The molecule has 1 amide bonds. The lowest BCUT2D eigenvalue weighted by atomic mass is 9.92. The first kappa shape index (κ1) is 18.1. The predicted octanol–water partition coefficient (Wildman–Crippen LogP) is 2.21. The quantitative estimate of drug-likeness (QED) is 0.659. The molecule has 1 N–H and O–H groups in total. The summed E-state index contributed by atoms with van der Waals surface area (Å²) >= 11 is 0. The largest absolute Gasteiger partial charge is 0.489 e. The second-order valence-corrected chi connectivity index (χ2v) is 6.50. The smallest absolute Gasteiger partial charge is 0.229 e. The maximum Gasteiger partial charge on any atom is 0.229 e. The third-order valence-corrected chi connectivity index (χ3v) is 4.82. The third kappa shape index (κ3) is 3.34. The highest BCUT2D eigenvalue weighted by atomic mass is 19.1. The van der Waals surface area contributed by atoms with E-state index in [-0.39, 0.29) is 18.1 Å². The Labute approximate surface area is 161 Å². The molecule has 1 atom stereocenters. The summed E-state index contributed by atoms with van der Waals surface area (Å²) in [5.74, 6) is 0.312. The van der Waals surface area contributed by atoms with Crippen LogP contribution < -0.4 is 10.1 Å². The van der Waals surface area contributed by atoms with Gasteiger partial charge in [-0.3, -0.25) is 9.78 Å². The fourth-order valence-electron chi connectivity index (χ4n) is 3.29. The Morgan fingerprint density at radius 3 is 3.00 bits per heavy atom. The van der Waals surface area contributed by atoms with E-state index in [1.165, 1.54) is 12.3 Å². The number of rotatable bonds is 6. The van der Waals surface area contributed by atoms with Crippen LogP contribution in [0.3, 0.4) is 0 Å². The summed E-state index contributed by atoms with van der Waals surface area (Å²) in [7, 11) is 0. The minimum atomic E-state index is -0.886. The van der Waals surface area contributed by atoms with Crippen molar-refractivity contribution in [3.63, 3.8) is 0 Å². The van der Waals surface area contributed by atoms with Crippen molar-refractivity contribution in [2.75, 3.05) is 26.2 Å². The zero-order valence-corrected chi connectivity index (χ0v) is 15.0. The monoisotopic (exact) mass is 382 g/mol. The zero-order chi connectivity index (χ0) is 19.4. The van der Waals surface area contributed by atoms with Crippen LogP contribution in [0.1, 0.15) is 5.69 Å². The van der Waals surface area contributed by atoms with Gasteiger partial charge in [-0.1, -0.05) is 12.1 Å². The highest BCUT2D eigenvalue weighted by molar-refractivity contribution is 5.55. The molecule has 1 unspecified atom stereocenters. The molecule has 1 saturated heterocycles. The molecule has 1 aliphatic heterocycles. The van der Waals surface area contributed by atoms with E-state index in [4.69, 9.17) is 9.15 Å². The lowest BCUT2D eigenvalue weighted by Gasteiger charge is -2.43. The second kappa shape index (κ2) is 7.77. The Bertz CT molecular complexity index is 949. The van der Waals surface area contributed by atoms with Crippen molar-refractivity contribution < 1.29 is 18.3 Å². The molecule has 3 aromatic rings. The van der Waals surface area contributed by atoms with Gasteiger partial charge in [0.25, 0.3) is 0 Å². The van der Waals surface area contributed by atoms with Gasteiger partial charge in [-0.05, 0) is 24.3 Å². The van der Waals surface area contributed by atoms with Gasteiger partial charge in [0.1, 0.15) is 35.7 Å². The van der Waals surface area contributed by atoms with Gasteiger partial charge < -0.3 is 19.4 Å². The van der Waals surface area contributed by atoms with Gasteiger partial charge in [0.2, 0.25) is 12.3 Å². The number of amides is 1. The van der Waals surface area contributed by atoms with Crippen LogP contribution >= 0.6 is 0 Å². The number of hydrogen-bond acceptors (Lipinski definition) is 6. The molecule has 0 saturated carbocycles. The van der Waals surface area contributed by atoms with Crippen molar-refractivity contribution in [1.29, 1.82) is 0 Å². The van der Waals surface area contributed by atoms with Crippen molar-refractivity contribution in [1.82, 2.24) is 20.2 Å². The molecule has 1 fully saturated rings. The number of halogens is 1. The van der Waals surface area contributed by atoms with Crippen molar-refractivity contribution >= 4 is 6.41 Å². The molecule has 2 aromatic heterocycles. The molecule has 8 heteroatoms. The Morgan fingerprint density at radius 2 is 2.21 bits per heavy atom. The van der Waals surface area contributed by atoms with Gasteiger partial charge in [0.15, 0.2) is 0 Å². The van der Waals surface area contributed by atoms with Crippen LogP contribution in [-0.2, 0) is 10.3 Å². The summed E-state index contributed by atoms with van der Waals surface area (Å²) in [5.41, 5.74) is -0.129. The molecule has 4 rings (SSSR count). The summed E-state index contributed by atoms with van der Waals surface area (Å²) in [5, 5.41) is 3.28. The molecule has 0 bridgehead atoms. The highest BCUT2D eigenvalue weighted by Crippen LogP contribution is 2.32. The van der Waals surface area contributed by atoms with Gasteiger partial charge in [0.05, 0.1) is 11.8 Å². The Kier molecular flexibility index (Phi) is 5.03. The number of benzene rings is 1. The van der Waals surface area contributed by atoms with Crippen LogP contribution in [0.5, 0.6) is 5.75 Å². The second-order valence-electron chi connectivity index (χ2n) is 6.50. The minimum Gasteiger partial charge on any atom is -0.489 e. The number of carbonyl (C=O) groups is 1. The number of oxazole rings is 1. The van der Waals surface area contributed by atoms with Crippen LogP contribution in [0.2, 0.25) is 0 Å². The van der Waals surface area contributed by atoms with Crippen molar-refractivity contribution in [3.05, 3.63) is 66.6 Å². The standard InChI is InChI=1S/C20H19FN4O3/c21-17-6-2-1-5-16(17)19-24-18(11-27-19)20(12-23-8-9-25(20)14-26)13-28-15-4-3-7-22-10-15/h1-7,10-11,14,23H,8-9,12-13H2. The summed E-state index contributed by atoms with van der Waals surface area (Å²) in [4.78, 5) is 22.0. The first-order valence-corrected chi connectivity index (χ1v) is 8.89. The van der Waals surface area contributed by atoms with Crippen molar-refractivity contribution in [3.8, 4) is 17.2 Å². The van der Waals surface area contributed by atoms with E-state index in [0.29, 0.717) is 31.1 Å². The predicted molar refractivity (Wildman–Crippen MR) is 98.9 cm³/mol. The Balaban J connectivity index is 1.69. The van der Waals surface area contributed by atoms with E-state index < -0.39 is 11.4 Å². The summed E-state index contributed by atoms with van der Waals surface area (Å²) in [6.45, 7) is 1.72. The molecule has 3 heterocycles. The SMILES string of the molecule is O=CN1CCNCC1(COc1cccnc1)c1coc(-c2ccccc2F)n1. The maximum atomic E-state index is 14.1. The van der Waals surface area contributed by atoms with Crippen LogP contribution in [-0.4, -0.2) is 47.5 Å². The van der Waals surface area contributed by atoms with E-state index in [0.717, 1.165) is 6.41 Å². The molecular weight excluding hydrogens is 363 g/mol. The molecule has 0 spiro atoms. The van der Waals surface area contributed by atoms with E-state index in [1.807, 2.05) is 0 Å². The molecule has 28 heavy (non-hydrogen) atoms. The van der Waals surface area contributed by atoms with Crippen LogP contribution in [0.25, 0.3) is 11.5 Å². The highest BCUT2D eigenvalue weighted by Gasteiger charge is 2.44. The number of pyridine rings is 1. The maximum absolute atomic E-state index is 14.1. The van der Waals surface area contributed by atoms with E-state index in [2.05, 4.69) is 15.3 Å². The van der Waals surface area contributed by atoms with E-state index >= 15 is 0 Å². The average Bonchev–Trinajstić information content (AvgIpc) is 3.24. The fourth-order valence-corrected chi connectivity index (χ4v) is 3.29. The number of piperazine rings is 1. The van der Waals surface area contributed by atoms with Gasteiger partial charge in [-0.2, -0.15) is 0 Å². The van der Waals surface area contributed by atoms with Crippen LogP contribution in [0.4, 0.5) is 4.39 Å². The van der Waals surface area contributed by atoms with Gasteiger partial charge in [-0.25, -0.2) is 9.37 Å². The van der Waals surface area contributed by atoms with Gasteiger partial charge in [0, 0.05) is 25.8 Å². The molecule has 0 aliphatic carbocycles. The van der Waals surface area contributed by atoms with Gasteiger partial charge >= 0.3 is 0 Å². The van der Waals surface area contributed by atoms with Crippen LogP contribution in [0.15, 0.2) is 59.5 Å². The molecule has 7 nitrogen and oxygen atoms in total. The molecular formula is C20H19FN4O3. The number of hydrogen-bond donors (Lipinski definition) is 1. The number of nitrogens with zero attached hydrogens (tertiary/aromatic N) is 3. The molecule has 1 aromatic carbocycles. The Hall–Kier alpha value is -3.26. The molecule has 0 radical (unpaired) electrons. The van der Waals surface area contributed by atoms with E-state index in [9.17, 15) is 9.18 Å².